The summed E-state index contributed by atoms with van der Waals surface area (Å²) in [6.07, 6.45) is 1.15. The molecule has 3 N–H and O–H groups in total. The van der Waals surface area contributed by atoms with Gasteiger partial charge in [-0.25, -0.2) is 15.0 Å². The standard InChI is InChI=1S/C24H27F3N6O2/c1-15-3-5-18(6-4-15)35-21-16(11-28-14-31-21)12-29-22-30-13-19(24(25,26)27)20(33-22)32-17-7-9-23(2,34)10-8-17/h3-6,11,13-14,17,34H,7-10,12H2,1-2H3,(H2,29,30,32,33)/t17-,23+. The van der Waals surface area contributed by atoms with E-state index in [0.717, 1.165) is 11.8 Å². The number of nitrogens with one attached hydrogen (secondary N) is 2. The Hall–Kier alpha value is -3.47. The van der Waals surface area contributed by atoms with Crippen LogP contribution in [0.25, 0.3) is 0 Å². The van der Waals surface area contributed by atoms with Crippen LogP contribution in [0.2, 0.25) is 0 Å². The molecule has 35 heavy (non-hydrogen) atoms. The van der Waals surface area contributed by atoms with Crippen molar-refractivity contribution in [3.8, 4) is 11.6 Å². The van der Waals surface area contributed by atoms with Crippen LogP contribution < -0.4 is 15.4 Å². The summed E-state index contributed by atoms with van der Waals surface area (Å²) < 4.78 is 46.6. The summed E-state index contributed by atoms with van der Waals surface area (Å²) >= 11 is 0. The number of nitrogens with zero attached hydrogens (tertiary/aromatic N) is 4. The van der Waals surface area contributed by atoms with E-state index in [1.165, 1.54) is 6.33 Å². The Morgan fingerprint density at radius 2 is 1.83 bits per heavy atom. The van der Waals surface area contributed by atoms with E-state index < -0.39 is 17.3 Å². The summed E-state index contributed by atoms with van der Waals surface area (Å²) in [5.74, 6) is 0.644. The zero-order chi connectivity index (χ0) is 25.1. The minimum atomic E-state index is -4.61. The molecule has 0 amide bonds. The molecule has 1 saturated carbocycles. The topological polar surface area (TPSA) is 105 Å². The highest BCUT2D eigenvalue weighted by Crippen LogP contribution is 2.36. The van der Waals surface area contributed by atoms with E-state index in [4.69, 9.17) is 4.74 Å². The number of rotatable bonds is 7. The lowest BCUT2D eigenvalue weighted by Gasteiger charge is -2.34. The molecule has 1 aliphatic carbocycles. The molecule has 0 bridgehead atoms. The van der Waals surface area contributed by atoms with Gasteiger partial charge in [0, 0.05) is 25.0 Å². The van der Waals surface area contributed by atoms with Crippen molar-refractivity contribution < 1.29 is 23.0 Å². The molecule has 186 valence electrons. The lowest BCUT2D eigenvalue weighted by Crippen LogP contribution is -2.36. The van der Waals surface area contributed by atoms with Crippen molar-refractivity contribution in [1.82, 2.24) is 19.9 Å². The molecule has 0 aliphatic heterocycles. The third-order valence-electron chi connectivity index (χ3n) is 5.92. The molecule has 0 spiro atoms. The molecule has 0 saturated heterocycles. The summed E-state index contributed by atoms with van der Waals surface area (Å²) in [4.78, 5) is 16.1. The van der Waals surface area contributed by atoms with Gasteiger partial charge in [-0.3, -0.25) is 0 Å². The van der Waals surface area contributed by atoms with Gasteiger partial charge in [0.05, 0.1) is 11.2 Å². The predicted octanol–water partition coefficient (Wildman–Crippen LogP) is 5.10. The maximum absolute atomic E-state index is 13.6. The average Bonchev–Trinajstić information content (AvgIpc) is 2.81. The molecule has 1 aromatic carbocycles. The van der Waals surface area contributed by atoms with Crippen molar-refractivity contribution in [2.45, 2.75) is 63.9 Å². The highest BCUT2D eigenvalue weighted by molar-refractivity contribution is 5.50. The van der Waals surface area contributed by atoms with Crippen LogP contribution in [0.5, 0.6) is 11.6 Å². The first-order chi connectivity index (χ1) is 16.6. The van der Waals surface area contributed by atoms with Crippen molar-refractivity contribution >= 4 is 11.8 Å². The third kappa shape index (κ3) is 6.56. The molecular weight excluding hydrogens is 461 g/mol. The Morgan fingerprint density at radius 1 is 1.11 bits per heavy atom. The Morgan fingerprint density at radius 3 is 2.51 bits per heavy atom. The van der Waals surface area contributed by atoms with Crippen molar-refractivity contribution in [1.29, 1.82) is 0 Å². The monoisotopic (exact) mass is 488 g/mol. The molecule has 3 aromatic rings. The van der Waals surface area contributed by atoms with Crippen molar-refractivity contribution in [2.24, 2.45) is 0 Å². The fourth-order valence-corrected chi connectivity index (χ4v) is 3.81. The summed E-state index contributed by atoms with van der Waals surface area (Å²) in [5, 5.41) is 16.0. The third-order valence-corrected chi connectivity index (χ3v) is 5.92. The lowest BCUT2D eigenvalue weighted by atomic mass is 9.83. The number of anilines is 2. The predicted molar refractivity (Wildman–Crippen MR) is 124 cm³/mol. The molecule has 0 unspecified atom stereocenters. The molecule has 11 heteroatoms. The number of halogens is 3. The number of ether oxygens (including phenoxy) is 1. The van der Waals surface area contributed by atoms with Crippen LogP contribution in [0, 0.1) is 6.92 Å². The second-order valence-electron chi connectivity index (χ2n) is 8.99. The smallest absolute Gasteiger partial charge is 0.421 e. The van der Waals surface area contributed by atoms with Crippen LogP contribution >= 0.6 is 0 Å². The quantitative estimate of drug-likeness (QED) is 0.422. The van der Waals surface area contributed by atoms with E-state index in [1.54, 1.807) is 13.1 Å². The van der Waals surface area contributed by atoms with Gasteiger partial charge >= 0.3 is 6.18 Å². The van der Waals surface area contributed by atoms with Gasteiger partial charge in [0.15, 0.2) is 0 Å². The Labute approximate surface area is 201 Å². The highest BCUT2D eigenvalue weighted by atomic mass is 19.4. The molecule has 2 heterocycles. The van der Waals surface area contributed by atoms with Crippen LogP contribution in [-0.2, 0) is 12.7 Å². The summed E-state index contributed by atoms with van der Waals surface area (Å²) in [5.41, 5.74) is -0.0590. The normalized spacial score (nSPS) is 20.3. The van der Waals surface area contributed by atoms with Crippen LogP contribution in [0.3, 0.4) is 0 Å². The highest BCUT2D eigenvalue weighted by Gasteiger charge is 2.37. The average molecular weight is 489 g/mol. The fourth-order valence-electron chi connectivity index (χ4n) is 3.81. The molecule has 1 aliphatic rings. The Bertz CT molecular complexity index is 1140. The number of hydrogen-bond donors (Lipinski definition) is 3. The van der Waals surface area contributed by atoms with Gasteiger partial charge in [0.1, 0.15) is 23.5 Å². The first-order valence-electron chi connectivity index (χ1n) is 11.3. The number of aromatic nitrogens is 4. The van der Waals surface area contributed by atoms with Gasteiger partial charge in [0.25, 0.3) is 0 Å². The van der Waals surface area contributed by atoms with Crippen molar-refractivity contribution in [2.75, 3.05) is 10.6 Å². The van der Waals surface area contributed by atoms with E-state index in [9.17, 15) is 18.3 Å². The molecule has 8 nitrogen and oxygen atoms in total. The molecular formula is C24H27F3N6O2. The van der Waals surface area contributed by atoms with E-state index in [-0.39, 0.29) is 24.4 Å². The first kappa shape index (κ1) is 24.6. The van der Waals surface area contributed by atoms with E-state index in [0.29, 0.717) is 42.9 Å². The van der Waals surface area contributed by atoms with Gasteiger partial charge < -0.3 is 20.5 Å². The van der Waals surface area contributed by atoms with Gasteiger partial charge in [0.2, 0.25) is 11.8 Å². The molecule has 0 radical (unpaired) electrons. The molecule has 1 fully saturated rings. The number of benzene rings is 1. The summed E-state index contributed by atoms with van der Waals surface area (Å²) in [6.45, 7) is 3.84. The van der Waals surface area contributed by atoms with Gasteiger partial charge in [-0.15, -0.1) is 0 Å². The van der Waals surface area contributed by atoms with Crippen LogP contribution in [0.15, 0.2) is 43.0 Å². The maximum Gasteiger partial charge on any atom is 0.421 e. The Balaban J connectivity index is 1.49. The van der Waals surface area contributed by atoms with Gasteiger partial charge in [-0.2, -0.15) is 18.2 Å². The van der Waals surface area contributed by atoms with Gasteiger partial charge in [-0.1, -0.05) is 17.7 Å². The fraction of sp³-hybridized carbons (Fsp3) is 0.417. The Kier molecular flexibility index (Phi) is 7.06. The first-order valence-corrected chi connectivity index (χ1v) is 11.3. The molecule has 2 aromatic heterocycles. The summed E-state index contributed by atoms with van der Waals surface area (Å²) in [7, 11) is 0. The number of hydrogen-bond acceptors (Lipinski definition) is 8. The van der Waals surface area contributed by atoms with Crippen LogP contribution in [-0.4, -0.2) is 36.7 Å². The second kappa shape index (κ2) is 10.0. The van der Waals surface area contributed by atoms with Crippen molar-refractivity contribution in [3.05, 3.63) is 59.7 Å². The zero-order valence-electron chi connectivity index (χ0n) is 19.4. The van der Waals surface area contributed by atoms with Crippen LogP contribution in [0.1, 0.15) is 49.3 Å². The number of aryl methyl sites for hydroxylation is 1. The minimum Gasteiger partial charge on any atom is -0.439 e. The molecule has 0 atom stereocenters. The van der Waals surface area contributed by atoms with Crippen molar-refractivity contribution in [3.63, 3.8) is 0 Å². The number of alkyl halides is 3. The largest absolute Gasteiger partial charge is 0.439 e. The number of aliphatic hydroxyl groups is 1. The van der Waals surface area contributed by atoms with Gasteiger partial charge in [-0.05, 0) is 51.7 Å². The zero-order valence-corrected chi connectivity index (χ0v) is 19.4. The summed E-state index contributed by atoms with van der Waals surface area (Å²) in [6, 6.07) is 7.22. The second-order valence-corrected chi connectivity index (χ2v) is 8.99. The molecule has 4 rings (SSSR count). The maximum atomic E-state index is 13.6. The lowest BCUT2D eigenvalue weighted by molar-refractivity contribution is -0.137. The van der Waals surface area contributed by atoms with E-state index >= 15 is 0 Å². The minimum absolute atomic E-state index is 0.0217. The van der Waals surface area contributed by atoms with E-state index in [1.807, 2.05) is 31.2 Å². The van der Waals surface area contributed by atoms with Crippen LogP contribution in [0.4, 0.5) is 24.9 Å². The SMILES string of the molecule is Cc1ccc(Oc2ncncc2CNc2ncc(C(F)(F)F)c(N[C@H]3CC[C@@](C)(O)CC3)n2)cc1. The van der Waals surface area contributed by atoms with E-state index in [2.05, 4.69) is 30.6 Å².